The molecule has 0 radical (unpaired) electrons. The van der Waals surface area contributed by atoms with Crippen molar-refractivity contribution in [3.8, 4) is 11.5 Å². The zero-order valence-electron chi connectivity index (χ0n) is 14.9. The minimum Gasteiger partial charge on any atom is -0.454 e. The van der Waals surface area contributed by atoms with Gasteiger partial charge in [0, 0.05) is 28.1 Å². The van der Waals surface area contributed by atoms with Crippen LogP contribution in [0.4, 0.5) is 14.5 Å². The number of allylic oxidation sites excluding steroid dienone is 1. The monoisotopic (exact) mass is 435 g/mol. The van der Waals surface area contributed by atoms with E-state index in [-0.39, 0.29) is 29.3 Å². The van der Waals surface area contributed by atoms with E-state index in [1.54, 1.807) is 0 Å². The van der Waals surface area contributed by atoms with Crippen molar-refractivity contribution in [2.75, 3.05) is 17.9 Å². The molecule has 1 atom stereocenters. The first-order valence-corrected chi connectivity index (χ1v) is 10.5. The Bertz CT molecular complexity index is 1010. The highest BCUT2D eigenvalue weighted by Crippen LogP contribution is 2.47. The second-order valence-electron chi connectivity index (χ2n) is 6.31. The van der Waals surface area contributed by atoms with Gasteiger partial charge in [0.05, 0.1) is 11.4 Å². The van der Waals surface area contributed by atoms with Gasteiger partial charge in [0.2, 0.25) is 12.7 Å². The minimum absolute atomic E-state index is 0.00319. The van der Waals surface area contributed by atoms with E-state index in [1.807, 2.05) is 18.2 Å². The highest BCUT2D eigenvalue weighted by Gasteiger charge is 2.26. The van der Waals surface area contributed by atoms with Crippen LogP contribution in [0.1, 0.15) is 17.2 Å². The molecule has 150 valence electrons. The second-order valence-corrected chi connectivity index (χ2v) is 8.83. The Morgan fingerprint density at radius 1 is 1.17 bits per heavy atom. The van der Waals surface area contributed by atoms with Crippen LogP contribution in [0, 0.1) is 11.6 Å². The molecule has 9 heteroatoms. The van der Waals surface area contributed by atoms with E-state index < -0.39 is 17.5 Å². The number of amides is 1. The summed E-state index contributed by atoms with van der Waals surface area (Å²) in [7, 11) is 0. The molecule has 2 aliphatic rings. The molecule has 2 aromatic carbocycles. The summed E-state index contributed by atoms with van der Waals surface area (Å²) in [4.78, 5) is 24.3. The topological polar surface area (TPSA) is 64.6 Å². The molecule has 5 nitrogen and oxygen atoms in total. The summed E-state index contributed by atoms with van der Waals surface area (Å²) < 4.78 is 38.0. The maximum atomic E-state index is 13.6. The minimum atomic E-state index is -0.840. The maximum absolute atomic E-state index is 13.6. The number of thioether (sulfide) groups is 2. The number of carbonyl (C=O) groups is 2. The van der Waals surface area contributed by atoms with E-state index in [1.165, 1.54) is 35.7 Å². The molecule has 0 saturated carbocycles. The van der Waals surface area contributed by atoms with Crippen molar-refractivity contribution < 1.29 is 27.8 Å². The number of ether oxygens (including phenoxy) is 2. The molecule has 0 aliphatic carbocycles. The van der Waals surface area contributed by atoms with Gasteiger partial charge in [-0.05, 0) is 29.8 Å². The smallest absolute Gasteiger partial charge is 0.234 e. The van der Waals surface area contributed by atoms with Crippen LogP contribution in [0.2, 0.25) is 0 Å². The third-order valence-electron chi connectivity index (χ3n) is 4.24. The molecule has 1 amide bonds. The van der Waals surface area contributed by atoms with Crippen LogP contribution < -0.4 is 14.8 Å². The van der Waals surface area contributed by atoms with Crippen molar-refractivity contribution in [1.29, 1.82) is 0 Å². The molecule has 0 aromatic heterocycles. The zero-order chi connectivity index (χ0) is 20.4. The Balaban J connectivity index is 1.37. The first-order chi connectivity index (χ1) is 14.0. The van der Waals surface area contributed by atoms with Gasteiger partial charge < -0.3 is 14.8 Å². The Labute approximate surface area is 173 Å². The van der Waals surface area contributed by atoms with Crippen LogP contribution in [-0.4, -0.2) is 24.2 Å². The molecule has 2 heterocycles. The third kappa shape index (κ3) is 4.73. The van der Waals surface area contributed by atoms with E-state index in [2.05, 4.69) is 5.32 Å². The van der Waals surface area contributed by atoms with E-state index in [4.69, 9.17) is 9.47 Å². The normalized spacial score (nSPS) is 17.8. The van der Waals surface area contributed by atoms with Gasteiger partial charge in [0.25, 0.3) is 0 Å². The van der Waals surface area contributed by atoms with E-state index in [0.717, 1.165) is 11.6 Å². The molecule has 0 bridgehead atoms. The number of anilines is 1. The summed E-state index contributed by atoms with van der Waals surface area (Å²) in [6.45, 7) is 0.181. The fourth-order valence-corrected chi connectivity index (χ4v) is 5.25. The first kappa shape index (κ1) is 19.8. The molecule has 1 unspecified atom stereocenters. The molecule has 0 spiro atoms. The SMILES string of the molecule is O=C1C=C(SCC(=O)Nc2ccc(F)cc2F)SC(c2ccc3c(c2)OCO3)C1. The van der Waals surface area contributed by atoms with Crippen molar-refractivity contribution in [3.05, 3.63) is 63.9 Å². The number of hydrogen-bond donors (Lipinski definition) is 1. The van der Waals surface area contributed by atoms with Gasteiger partial charge >= 0.3 is 0 Å². The number of fused-ring (bicyclic) bond motifs is 1. The predicted molar refractivity (Wildman–Crippen MR) is 108 cm³/mol. The Kier molecular flexibility index (Phi) is 5.77. The molecule has 1 N–H and O–H groups in total. The molecule has 2 aliphatic heterocycles. The van der Waals surface area contributed by atoms with Crippen molar-refractivity contribution in [1.82, 2.24) is 0 Å². The van der Waals surface area contributed by atoms with Crippen LogP contribution in [0.15, 0.2) is 46.7 Å². The number of benzene rings is 2. The highest BCUT2D eigenvalue weighted by atomic mass is 32.2. The van der Waals surface area contributed by atoms with E-state index in [9.17, 15) is 18.4 Å². The average Bonchev–Trinajstić information content (AvgIpc) is 3.16. The number of hydrogen-bond acceptors (Lipinski definition) is 6. The van der Waals surface area contributed by atoms with Gasteiger partial charge in [-0.1, -0.05) is 6.07 Å². The Hall–Kier alpha value is -2.52. The largest absolute Gasteiger partial charge is 0.454 e. The molecule has 4 rings (SSSR count). The lowest BCUT2D eigenvalue weighted by Crippen LogP contribution is -2.16. The summed E-state index contributed by atoms with van der Waals surface area (Å²) in [6, 6.07) is 8.53. The summed E-state index contributed by atoms with van der Waals surface area (Å²) >= 11 is 2.69. The molecular weight excluding hydrogens is 420 g/mol. The van der Waals surface area contributed by atoms with Gasteiger partial charge in [-0.2, -0.15) is 0 Å². The molecular formula is C20H15F2NO4S2. The van der Waals surface area contributed by atoms with Gasteiger partial charge in [-0.25, -0.2) is 8.78 Å². The Morgan fingerprint density at radius 3 is 2.83 bits per heavy atom. The Morgan fingerprint density at radius 2 is 2.00 bits per heavy atom. The lowest BCUT2D eigenvalue weighted by atomic mass is 10.1. The summed E-state index contributed by atoms with van der Waals surface area (Å²) in [6.07, 6.45) is 1.87. The predicted octanol–water partition coefficient (Wildman–Crippen LogP) is 4.65. The van der Waals surface area contributed by atoms with Crippen LogP contribution >= 0.6 is 23.5 Å². The first-order valence-electron chi connectivity index (χ1n) is 8.66. The van der Waals surface area contributed by atoms with Gasteiger partial charge in [0.15, 0.2) is 17.3 Å². The van der Waals surface area contributed by atoms with Crippen LogP contribution in [0.25, 0.3) is 0 Å². The second kappa shape index (κ2) is 8.46. The van der Waals surface area contributed by atoms with Gasteiger partial charge in [-0.3, -0.25) is 9.59 Å². The van der Waals surface area contributed by atoms with Crippen LogP contribution in [0.5, 0.6) is 11.5 Å². The number of halogens is 2. The lowest BCUT2D eigenvalue weighted by molar-refractivity contribution is -0.115. The van der Waals surface area contributed by atoms with Crippen molar-refractivity contribution in [2.24, 2.45) is 0 Å². The highest BCUT2D eigenvalue weighted by molar-refractivity contribution is 8.22. The van der Waals surface area contributed by atoms with Crippen molar-refractivity contribution in [3.63, 3.8) is 0 Å². The van der Waals surface area contributed by atoms with E-state index >= 15 is 0 Å². The molecule has 2 aromatic rings. The molecule has 0 saturated heterocycles. The molecule has 29 heavy (non-hydrogen) atoms. The van der Waals surface area contributed by atoms with E-state index in [0.29, 0.717) is 28.2 Å². The number of rotatable bonds is 5. The zero-order valence-corrected chi connectivity index (χ0v) is 16.6. The quantitative estimate of drug-likeness (QED) is 0.737. The van der Waals surface area contributed by atoms with Crippen molar-refractivity contribution in [2.45, 2.75) is 11.7 Å². The lowest BCUT2D eigenvalue weighted by Gasteiger charge is -2.21. The summed E-state index contributed by atoms with van der Waals surface area (Å²) in [5.74, 6) is -0.704. The molecule has 0 fully saturated rings. The average molecular weight is 435 g/mol. The summed E-state index contributed by atoms with van der Waals surface area (Å²) in [5.41, 5.74) is 0.855. The maximum Gasteiger partial charge on any atom is 0.234 e. The van der Waals surface area contributed by atoms with Gasteiger partial charge in [-0.15, -0.1) is 23.5 Å². The third-order valence-corrected chi connectivity index (χ3v) is 6.77. The number of carbonyl (C=O) groups excluding carboxylic acids is 2. The standard InChI is InChI=1S/C20H15F2NO4S2/c21-12-2-3-15(14(22)6-12)23-19(25)9-28-20-8-13(24)7-18(29-20)11-1-4-16-17(5-11)27-10-26-16/h1-6,8,18H,7,9-10H2,(H,23,25). The van der Waals surface area contributed by atoms with Crippen LogP contribution in [-0.2, 0) is 9.59 Å². The van der Waals surface area contributed by atoms with Gasteiger partial charge in [0.1, 0.15) is 11.6 Å². The number of nitrogens with one attached hydrogen (secondary N) is 1. The van der Waals surface area contributed by atoms with Crippen molar-refractivity contribution >= 4 is 40.9 Å². The summed E-state index contributed by atoms with van der Waals surface area (Å²) in [5, 5.41) is 2.31. The number of ketones is 1. The fraction of sp³-hybridized carbons (Fsp3) is 0.200. The fourth-order valence-electron chi connectivity index (χ4n) is 2.88. The van der Waals surface area contributed by atoms with Crippen LogP contribution in [0.3, 0.4) is 0 Å².